The maximum Gasteiger partial charge on any atom is 0.261 e. The normalized spacial score (nSPS) is 22.4. The van der Waals surface area contributed by atoms with Crippen molar-refractivity contribution in [2.24, 2.45) is 5.92 Å². The molecular weight excluding hydrogens is 518 g/mol. The number of anilines is 1. The Labute approximate surface area is 232 Å². The van der Waals surface area contributed by atoms with Crippen molar-refractivity contribution < 1.29 is 27.8 Å². The van der Waals surface area contributed by atoms with Gasteiger partial charge in [0.05, 0.1) is 35.3 Å². The molecule has 1 amide bonds. The highest BCUT2D eigenvalue weighted by molar-refractivity contribution is 7.92. The number of nitrogens with one attached hydrogen (secondary N) is 2. The largest absolute Gasteiger partial charge is 0.490 e. The highest BCUT2D eigenvalue weighted by Gasteiger charge is 2.30. The Balaban J connectivity index is 2.02. The van der Waals surface area contributed by atoms with E-state index in [1.807, 2.05) is 27.8 Å². The molecule has 3 rings (SSSR count). The number of nitrogens with zero attached hydrogens (tertiary/aromatic N) is 1. The Morgan fingerprint density at radius 1 is 1.13 bits per heavy atom. The van der Waals surface area contributed by atoms with Crippen LogP contribution in [0.15, 0.2) is 47.4 Å². The van der Waals surface area contributed by atoms with Gasteiger partial charge in [0.15, 0.2) is 0 Å². The fourth-order valence-electron chi connectivity index (χ4n) is 4.61. The van der Waals surface area contributed by atoms with E-state index in [1.54, 1.807) is 48.2 Å². The molecule has 0 saturated carbocycles. The molecule has 3 N–H and O–H groups in total. The average Bonchev–Trinajstić information content (AvgIpc) is 2.90. The van der Waals surface area contributed by atoms with E-state index in [1.165, 1.54) is 6.07 Å². The lowest BCUT2D eigenvalue weighted by Gasteiger charge is -2.34. The van der Waals surface area contributed by atoms with Crippen LogP contribution in [0.2, 0.25) is 0 Å². The number of carbonyl (C=O) groups is 1. The number of amides is 1. The van der Waals surface area contributed by atoms with E-state index in [9.17, 15) is 18.3 Å². The fraction of sp³-hybridized carbons (Fsp3) is 0.552. The number of carbonyl (C=O) groups excluding carboxylic acids is 1. The summed E-state index contributed by atoms with van der Waals surface area (Å²) in [6.07, 6.45) is 2.31. The van der Waals surface area contributed by atoms with Gasteiger partial charge in [0.25, 0.3) is 15.9 Å². The van der Waals surface area contributed by atoms with Crippen LogP contribution in [0.5, 0.6) is 5.75 Å². The molecule has 0 aromatic heterocycles. The molecule has 0 saturated heterocycles. The van der Waals surface area contributed by atoms with Crippen molar-refractivity contribution in [3.05, 3.63) is 53.6 Å². The summed E-state index contributed by atoms with van der Waals surface area (Å²) in [7, 11) is -2.00. The summed E-state index contributed by atoms with van der Waals surface area (Å²) >= 11 is 0. The SMILES string of the molecule is CNC[C@H]1OCCCC[C@H](C)Oc2ccc(NS(=O)(=O)c3ccc(C)cc3)cc2C(=O)N([C@@H](C)CO)C[C@@H]1C. The molecule has 0 spiro atoms. The number of benzene rings is 2. The van der Waals surface area contributed by atoms with E-state index >= 15 is 0 Å². The zero-order chi connectivity index (χ0) is 28.6. The number of aryl methyl sites for hydroxylation is 1. The molecule has 10 heteroatoms. The standard InChI is InChI=1S/C29H43N3O6S/c1-20-9-12-25(13-10-20)39(35,36)31-24-11-14-27-26(16-24)29(34)32(22(3)19-33)18-21(2)28(17-30-5)37-15-7-6-8-23(4)38-27/h9-14,16,21-23,28,30-31,33H,6-8,15,17-19H2,1-5H3/t21-,22-,23-,28+/m0/s1. The first-order valence-corrected chi connectivity index (χ1v) is 15.1. The van der Waals surface area contributed by atoms with Crippen LogP contribution in [-0.2, 0) is 14.8 Å². The van der Waals surface area contributed by atoms with Crippen LogP contribution in [0.1, 0.15) is 56.0 Å². The second-order valence-electron chi connectivity index (χ2n) is 10.5. The zero-order valence-corrected chi connectivity index (χ0v) is 24.5. The van der Waals surface area contributed by atoms with Gasteiger partial charge in [-0.25, -0.2) is 8.42 Å². The third kappa shape index (κ3) is 8.41. The average molecular weight is 562 g/mol. The summed E-state index contributed by atoms with van der Waals surface area (Å²) in [5, 5.41) is 13.2. The number of hydrogen-bond donors (Lipinski definition) is 3. The Morgan fingerprint density at radius 3 is 2.51 bits per heavy atom. The summed E-state index contributed by atoms with van der Waals surface area (Å²) in [5.74, 6) is 0.0146. The molecule has 216 valence electrons. The molecule has 4 atom stereocenters. The first-order chi connectivity index (χ1) is 18.6. The molecule has 0 fully saturated rings. The first-order valence-electron chi connectivity index (χ1n) is 13.6. The van der Waals surface area contributed by atoms with E-state index in [0.717, 1.165) is 24.8 Å². The van der Waals surface area contributed by atoms with E-state index in [2.05, 4.69) is 10.0 Å². The maximum absolute atomic E-state index is 14.1. The Kier molecular flexibility index (Phi) is 11.2. The molecule has 1 heterocycles. The summed E-state index contributed by atoms with van der Waals surface area (Å²) < 4.78 is 41.1. The lowest BCUT2D eigenvalue weighted by molar-refractivity contribution is -0.000450. The van der Waals surface area contributed by atoms with Gasteiger partial charge in [-0.15, -0.1) is 0 Å². The monoisotopic (exact) mass is 561 g/mol. The Morgan fingerprint density at radius 2 is 1.85 bits per heavy atom. The van der Waals surface area contributed by atoms with Gasteiger partial charge in [-0.3, -0.25) is 9.52 Å². The van der Waals surface area contributed by atoms with Crippen LogP contribution in [0.3, 0.4) is 0 Å². The second kappa shape index (κ2) is 14.1. The van der Waals surface area contributed by atoms with Crippen LogP contribution >= 0.6 is 0 Å². The third-order valence-electron chi connectivity index (χ3n) is 7.04. The number of rotatable bonds is 7. The second-order valence-corrected chi connectivity index (χ2v) is 12.2. The molecule has 0 aliphatic carbocycles. The lowest BCUT2D eigenvalue weighted by atomic mass is 10.0. The molecule has 39 heavy (non-hydrogen) atoms. The van der Waals surface area contributed by atoms with Crippen LogP contribution in [0, 0.1) is 12.8 Å². The topological polar surface area (TPSA) is 117 Å². The van der Waals surface area contributed by atoms with Gasteiger partial charge >= 0.3 is 0 Å². The first kappa shape index (κ1) is 30.9. The van der Waals surface area contributed by atoms with E-state index in [4.69, 9.17) is 9.47 Å². The summed E-state index contributed by atoms with van der Waals surface area (Å²) in [6, 6.07) is 10.8. The maximum atomic E-state index is 14.1. The number of aliphatic hydroxyl groups excluding tert-OH is 1. The van der Waals surface area contributed by atoms with Gasteiger partial charge in [-0.2, -0.15) is 0 Å². The molecule has 9 nitrogen and oxygen atoms in total. The lowest BCUT2D eigenvalue weighted by Crippen LogP contribution is -2.47. The minimum absolute atomic E-state index is 0.0233. The third-order valence-corrected chi connectivity index (χ3v) is 8.44. The predicted molar refractivity (Wildman–Crippen MR) is 153 cm³/mol. The van der Waals surface area contributed by atoms with Crippen LogP contribution in [0.4, 0.5) is 5.69 Å². The molecule has 2 aromatic carbocycles. The van der Waals surface area contributed by atoms with Crippen molar-refractivity contribution in [2.45, 2.75) is 70.1 Å². The Hall–Kier alpha value is -2.66. The number of hydrogen-bond acceptors (Lipinski definition) is 7. The van der Waals surface area contributed by atoms with E-state index in [-0.39, 0.29) is 46.8 Å². The van der Waals surface area contributed by atoms with Crippen LogP contribution in [-0.4, -0.2) is 75.9 Å². The van der Waals surface area contributed by atoms with Gasteiger partial charge < -0.3 is 24.8 Å². The van der Waals surface area contributed by atoms with E-state index in [0.29, 0.717) is 25.4 Å². The highest BCUT2D eigenvalue weighted by atomic mass is 32.2. The van der Waals surface area contributed by atoms with Crippen molar-refractivity contribution in [2.75, 3.05) is 38.1 Å². The minimum atomic E-state index is -3.87. The predicted octanol–water partition coefficient (Wildman–Crippen LogP) is 3.81. The smallest absolute Gasteiger partial charge is 0.261 e. The molecule has 0 bridgehead atoms. The molecule has 0 radical (unpaired) electrons. The van der Waals surface area contributed by atoms with Crippen molar-refractivity contribution in [1.82, 2.24) is 10.2 Å². The number of sulfonamides is 1. The minimum Gasteiger partial charge on any atom is -0.490 e. The van der Waals surface area contributed by atoms with Crippen LogP contribution in [0.25, 0.3) is 0 Å². The number of ether oxygens (including phenoxy) is 2. The van der Waals surface area contributed by atoms with Crippen molar-refractivity contribution in [1.29, 1.82) is 0 Å². The van der Waals surface area contributed by atoms with Gasteiger partial charge in [0, 0.05) is 31.3 Å². The summed E-state index contributed by atoms with van der Waals surface area (Å²) in [6.45, 7) is 9.04. The quantitative estimate of drug-likeness (QED) is 0.471. The molecular formula is C29H43N3O6S. The highest BCUT2D eigenvalue weighted by Crippen LogP contribution is 2.29. The van der Waals surface area contributed by atoms with E-state index < -0.39 is 16.1 Å². The van der Waals surface area contributed by atoms with Gasteiger partial charge in [-0.1, -0.05) is 24.6 Å². The zero-order valence-electron chi connectivity index (χ0n) is 23.6. The van der Waals surface area contributed by atoms with Gasteiger partial charge in [0.1, 0.15) is 5.75 Å². The molecule has 0 unspecified atom stereocenters. The summed E-state index contributed by atoms with van der Waals surface area (Å²) in [5.41, 5.74) is 1.44. The number of likely N-dealkylation sites (N-methyl/N-ethyl adjacent to an activating group) is 1. The van der Waals surface area contributed by atoms with Crippen LogP contribution < -0.4 is 14.8 Å². The van der Waals surface area contributed by atoms with Crippen molar-refractivity contribution in [3.63, 3.8) is 0 Å². The van der Waals surface area contributed by atoms with Gasteiger partial charge in [0.2, 0.25) is 0 Å². The molecule has 2 aromatic rings. The molecule has 1 aliphatic heterocycles. The van der Waals surface area contributed by atoms with Crippen molar-refractivity contribution >= 4 is 21.6 Å². The molecule has 1 aliphatic rings. The number of aliphatic hydroxyl groups is 1. The van der Waals surface area contributed by atoms with Crippen molar-refractivity contribution in [3.8, 4) is 5.75 Å². The number of fused-ring (bicyclic) bond motifs is 1. The summed E-state index contributed by atoms with van der Waals surface area (Å²) in [4.78, 5) is 15.8. The Bertz CT molecular complexity index is 1190. The van der Waals surface area contributed by atoms with Gasteiger partial charge in [-0.05, 0) is 77.4 Å². The fourth-order valence-corrected chi connectivity index (χ4v) is 5.66.